The summed E-state index contributed by atoms with van der Waals surface area (Å²) in [6.45, 7) is 1.81. The molecule has 0 aromatic heterocycles. The van der Waals surface area contributed by atoms with E-state index in [0.29, 0.717) is 28.3 Å². The van der Waals surface area contributed by atoms with Gasteiger partial charge < -0.3 is 14.6 Å². The average molecular weight is 447 g/mol. The number of amides is 1. The van der Waals surface area contributed by atoms with Gasteiger partial charge in [0.2, 0.25) is 0 Å². The number of carbonyl (C=O) groups is 2. The third kappa shape index (κ3) is 3.93. The number of ether oxygens (including phenoxy) is 2. The molecule has 33 heavy (non-hydrogen) atoms. The molecule has 1 aliphatic rings. The second-order valence-corrected chi connectivity index (χ2v) is 7.61. The quantitative estimate of drug-likeness (QED) is 0.346. The molecule has 1 aliphatic heterocycles. The third-order valence-corrected chi connectivity index (χ3v) is 5.63. The van der Waals surface area contributed by atoms with Crippen molar-refractivity contribution in [3.05, 3.63) is 94.8 Å². The summed E-state index contributed by atoms with van der Waals surface area (Å²) in [4.78, 5) is 27.6. The third-order valence-electron chi connectivity index (χ3n) is 5.63. The van der Waals surface area contributed by atoms with Gasteiger partial charge in [-0.1, -0.05) is 18.2 Å². The van der Waals surface area contributed by atoms with Crippen molar-refractivity contribution in [1.29, 1.82) is 0 Å². The number of hydrogen-bond donors (Lipinski definition) is 1. The van der Waals surface area contributed by atoms with E-state index in [0.717, 1.165) is 5.56 Å². The van der Waals surface area contributed by atoms with Gasteiger partial charge in [-0.3, -0.25) is 14.5 Å². The van der Waals surface area contributed by atoms with Gasteiger partial charge in [0.1, 0.15) is 23.1 Å². The Morgan fingerprint density at radius 1 is 0.970 bits per heavy atom. The summed E-state index contributed by atoms with van der Waals surface area (Å²) in [5.74, 6) is -1.29. The number of ketones is 1. The van der Waals surface area contributed by atoms with Crippen molar-refractivity contribution < 1.29 is 28.6 Å². The number of methoxy groups -OCH3 is 2. The van der Waals surface area contributed by atoms with Crippen LogP contribution in [-0.4, -0.2) is 31.0 Å². The van der Waals surface area contributed by atoms with E-state index < -0.39 is 23.5 Å². The number of hydrogen-bond acceptors (Lipinski definition) is 5. The second kappa shape index (κ2) is 8.78. The normalized spacial score (nSPS) is 17.3. The monoisotopic (exact) mass is 447 g/mol. The zero-order chi connectivity index (χ0) is 23.7. The van der Waals surface area contributed by atoms with Crippen molar-refractivity contribution in [2.75, 3.05) is 19.1 Å². The van der Waals surface area contributed by atoms with Crippen molar-refractivity contribution in [3.8, 4) is 11.5 Å². The van der Waals surface area contributed by atoms with Gasteiger partial charge in [-0.05, 0) is 60.5 Å². The molecular formula is C26H22FNO5. The van der Waals surface area contributed by atoms with Crippen molar-refractivity contribution in [3.63, 3.8) is 0 Å². The number of Topliss-reactive ketones (excluding diaryl/α,β-unsaturated/α-hetero) is 1. The van der Waals surface area contributed by atoms with Crippen LogP contribution in [0.15, 0.2) is 72.3 Å². The summed E-state index contributed by atoms with van der Waals surface area (Å²) in [6.07, 6.45) is 0. The molecule has 1 unspecified atom stereocenters. The maximum Gasteiger partial charge on any atom is 0.300 e. The highest BCUT2D eigenvalue weighted by atomic mass is 19.1. The van der Waals surface area contributed by atoms with E-state index in [-0.39, 0.29) is 11.3 Å². The van der Waals surface area contributed by atoms with Crippen LogP contribution in [0.1, 0.15) is 22.7 Å². The Hall–Kier alpha value is -4.13. The fraction of sp³-hybridized carbons (Fsp3) is 0.154. The number of nitrogens with zero attached hydrogens (tertiary/aromatic N) is 1. The Kier molecular flexibility index (Phi) is 5.87. The smallest absolute Gasteiger partial charge is 0.300 e. The predicted molar refractivity (Wildman–Crippen MR) is 122 cm³/mol. The Bertz CT molecular complexity index is 1270. The topological polar surface area (TPSA) is 76.1 Å². The zero-order valence-electron chi connectivity index (χ0n) is 18.3. The van der Waals surface area contributed by atoms with Crippen molar-refractivity contribution in [2.45, 2.75) is 13.0 Å². The largest absolute Gasteiger partial charge is 0.507 e. The van der Waals surface area contributed by atoms with Crippen LogP contribution in [0.5, 0.6) is 11.5 Å². The molecule has 0 bridgehead atoms. The molecule has 1 N–H and O–H groups in total. The number of rotatable bonds is 5. The molecule has 4 rings (SSSR count). The van der Waals surface area contributed by atoms with Crippen LogP contribution in [0, 0.1) is 12.7 Å². The number of aryl methyl sites for hydroxylation is 1. The number of halogens is 1. The predicted octanol–water partition coefficient (Wildman–Crippen LogP) is 4.78. The van der Waals surface area contributed by atoms with Crippen LogP contribution in [0.4, 0.5) is 10.1 Å². The highest BCUT2D eigenvalue weighted by molar-refractivity contribution is 6.51. The minimum Gasteiger partial charge on any atom is -0.507 e. The summed E-state index contributed by atoms with van der Waals surface area (Å²) in [5, 5.41) is 11.2. The van der Waals surface area contributed by atoms with Crippen LogP contribution < -0.4 is 14.4 Å². The Morgan fingerprint density at radius 2 is 1.70 bits per heavy atom. The lowest BCUT2D eigenvalue weighted by Gasteiger charge is -2.25. The lowest BCUT2D eigenvalue weighted by Crippen LogP contribution is -2.29. The minimum atomic E-state index is -0.958. The van der Waals surface area contributed by atoms with Crippen LogP contribution >= 0.6 is 0 Å². The molecule has 6 nitrogen and oxygen atoms in total. The molecule has 3 aromatic rings. The molecule has 1 fully saturated rings. The van der Waals surface area contributed by atoms with Crippen molar-refractivity contribution in [2.24, 2.45) is 0 Å². The number of anilines is 1. The van der Waals surface area contributed by atoms with Gasteiger partial charge in [-0.15, -0.1) is 0 Å². The standard InChI is InChI=1S/C26H22FNO5/c1-15-13-17(9-12-21(15)33-3)24(29)22-23(16-7-10-18(27)11-8-16)28(26(31)25(22)30)19-5-4-6-20(14-19)32-2/h4-14,23,29H,1-3H3/b24-22+. The Labute approximate surface area is 190 Å². The number of aliphatic hydroxyl groups is 1. The fourth-order valence-electron chi connectivity index (χ4n) is 4.00. The van der Waals surface area contributed by atoms with E-state index in [4.69, 9.17) is 9.47 Å². The van der Waals surface area contributed by atoms with Gasteiger partial charge in [-0.2, -0.15) is 0 Å². The maximum absolute atomic E-state index is 13.6. The van der Waals surface area contributed by atoms with E-state index in [2.05, 4.69) is 0 Å². The van der Waals surface area contributed by atoms with E-state index >= 15 is 0 Å². The Morgan fingerprint density at radius 3 is 2.33 bits per heavy atom. The van der Waals surface area contributed by atoms with Gasteiger partial charge in [0.05, 0.1) is 25.8 Å². The van der Waals surface area contributed by atoms with E-state index in [9.17, 15) is 19.1 Å². The minimum absolute atomic E-state index is 0.0843. The molecule has 1 saturated heterocycles. The lowest BCUT2D eigenvalue weighted by atomic mass is 9.94. The maximum atomic E-state index is 13.6. The van der Waals surface area contributed by atoms with Crippen LogP contribution in [0.25, 0.3) is 5.76 Å². The van der Waals surface area contributed by atoms with Crippen LogP contribution in [0.3, 0.4) is 0 Å². The van der Waals surface area contributed by atoms with Crippen molar-refractivity contribution >= 4 is 23.1 Å². The van der Waals surface area contributed by atoms with E-state index in [1.54, 1.807) is 42.5 Å². The Balaban J connectivity index is 1.93. The first kappa shape index (κ1) is 22.1. The van der Waals surface area contributed by atoms with E-state index in [1.807, 2.05) is 6.92 Å². The van der Waals surface area contributed by atoms with Gasteiger partial charge in [-0.25, -0.2) is 4.39 Å². The van der Waals surface area contributed by atoms with E-state index in [1.165, 1.54) is 43.4 Å². The molecule has 168 valence electrons. The molecule has 0 radical (unpaired) electrons. The summed E-state index contributed by atoms with van der Waals surface area (Å²) >= 11 is 0. The molecular weight excluding hydrogens is 425 g/mol. The summed E-state index contributed by atoms with van der Waals surface area (Å²) in [5.41, 5.74) is 1.92. The van der Waals surface area contributed by atoms with Gasteiger partial charge in [0.25, 0.3) is 11.7 Å². The number of aliphatic hydroxyl groups excluding tert-OH is 1. The second-order valence-electron chi connectivity index (χ2n) is 7.61. The molecule has 0 saturated carbocycles. The molecule has 1 heterocycles. The molecule has 3 aromatic carbocycles. The number of benzene rings is 3. The van der Waals surface area contributed by atoms with Crippen LogP contribution in [0.2, 0.25) is 0 Å². The summed E-state index contributed by atoms with van der Waals surface area (Å²) in [6, 6.07) is 16.2. The first-order valence-corrected chi connectivity index (χ1v) is 10.2. The highest BCUT2D eigenvalue weighted by Crippen LogP contribution is 2.43. The zero-order valence-corrected chi connectivity index (χ0v) is 18.3. The van der Waals surface area contributed by atoms with Gasteiger partial charge in [0, 0.05) is 17.3 Å². The molecule has 1 atom stereocenters. The lowest BCUT2D eigenvalue weighted by molar-refractivity contribution is -0.132. The van der Waals surface area contributed by atoms with Gasteiger partial charge in [0.15, 0.2) is 0 Å². The average Bonchev–Trinajstić information content (AvgIpc) is 3.09. The SMILES string of the molecule is COc1cccc(N2C(=O)C(=O)/C(=C(/O)c3ccc(OC)c(C)c3)C2c2ccc(F)cc2)c1. The molecule has 0 aliphatic carbocycles. The van der Waals surface area contributed by atoms with Crippen LogP contribution in [-0.2, 0) is 9.59 Å². The first-order valence-electron chi connectivity index (χ1n) is 10.2. The van der Waals surface area contributed by atoms with Crippen molar-refractivity contribution in [1.82, 2.24) is 0 Å². The molecule has 7 heteroatoms. The number of carbonyl (C=O) groups excluding carboxylic acids is 2. The molecule has 1 amide bonds. The first-order chi connectivity index (χ1) is 15.8. The van der Waals surface area contributed by atoms with Gasteiger partial charge >= 0.3 is 0 Å². The molecule has 0 spiro atoms. The highest BCUT2D eigenvalue weighted by Gasteiger charge is 2.47. The summed E-state index contributed by atoms with van der Waals surface area (Å²) < 4.78 is 24.2. The fourth-order valence-corrected chi connectivity index (χ4v) is 4.00. The summed E-state index contributed by atoms with van der Waals surface area (Å²) in [7, 11) is 3.03.